The van der Waals surface area contributed by atoms with Gasteiger partial charge in [0.25, 0.3) is 0 Å². The minimum absolute atomic E-state index is 0.264. The molecule has 2 aromatic heterocycles. The Morgan fingerprint density at radius 1 is 1.03 bits per heavy atom. The SMILES string of the molecule is O=C(O)C1CN(c2nc(-c3ccc(Oc4ccccc4)cc3)c(-c3cccc4[nH]ccc34)s2)CCO1. The second-order valence-electron chi connectivity index (χ2n) is 8.50. The van der Waals surface area contributed by atoms with Crippen molar-refractivity contribution in [3.05, 3.63) is 85.1 Å². The molecule has 0 spiro atoms. The molecule has 1 atom stereocenters. The van der Waals surface area contributed by atoms with Gasteiger partial charge in [0.05, 0.1) is 23.7 Å². The zero-order valence-corrected chi connectivity index (χ0v) is 20.1. The van der Waals surface area contributed by atoms with Gasteiger partial charge in [0.2, 0.25) is 0 Å². The van der Waals surface area contributed by atoms with Crippen LogP contribution in [0.2, 0.25) is 0 Å². The van der Waals surface area contributed by atoms with E-state index in [0.29, 0.717) is 13.2 Å². The minimum Gasteiger partial charge on any atom is -0.479 e. The number of nitrogens with zero attached hydrogens (tertiary/aromatic N) is 2. The number of para-hydroxylation sites is 1. The number of carbonyl (C=O) groups is 1. The normalized spacial score (nSPS) is 15.8. The third-order valence-corrected chi connectivity index (χ3v) is 7.32. The van der Waals surface area contributed by atoms with Crippen molar-refractivity contribution in [3.8, 4) is 33.2 Å². The van der Waals surface area contributed by atoms with Crippen LogP contribution in [0, 0.1) is 0 Å². The van der Waals surface area contributed by atoms with Crippen molar-refractivity contribution in [3.63, 3.8) is 0 Å². The van der Waals surface area contributed by atoms with Crippen molar-refractivity contribution in [2.24, 2.45) is 0 Å². The topological polar surface area (TPSA) is 87.7 Å². The monoisotopic (exact) mass is 497 g/mol. The van der Waals surface area contributed by atoms with Crippen molar-refractivity contribution < 1.29 is 19.4 Å². The third kappa shape index (κ3) is 4.32. The van der Waals surface area contributed by atoms with Gasteiger partial charge in [-0.25, -0.2) is 9.78 Å². The van der Waals surface area contributed by atoms with Gasteiger partial charge in [-0.2, -0.15) is 0 Å². The number of carboxylic acids is 1. The van der Waals surface area contributed by atoms with E-state index in [1.807, 2.05) is 71.8 Å². The molecule has 0 radical (unpaired) electrons. The first-order chi connectivity index (χ1) is 17.7. The van der Waals surface area contributed by atoms with Crippen LogP contribution < -0.4 is 9.64 Å². The Bertz CT molecular complexity index is 1510. The fraction of sp³-hybridized carbons (Fsp3) is 0.143. The number of aliphatic carboxylic acids is 1. The Hall–Kier alpha value is -4.14. The zero-order chi connectivity index (χ0) is 24.5. The zero-order valence-electron chi connectivity index (χ0n) is 19.3. The number of ether oxygens (including phenoxy) is 2. The minimum atomic E-state index is -0.956. The molecule has 5 aromatic rings. The summed E-state index contributed by atoms with van der Waals surface area (Å²) in [7, 11) is 0. The van der Waals surface area contributed by atoms with Crippen LogP contribution in [0.1, 0.15) is 0 Å². The number of carboxylic acid groups (broad SMARTS) is 1. The largest absolute Gasteiger partial charge is 0.479 e. The van der Waals surface area contributed by atoms with Gasteiger partial charge in [0.1, 0.15) is 11.5 Å². The molecule has 36 heavy (non-hydrogen) atoms. The van der Waals surface area contributed by atoms with Crippen molar-refractivity contribution in [2.45, 2.75) is 6.10 Å². The van der Waals surface area contributed by atoms with Crippen LogP contribution in [0.25, 0.3) is 32.6 Å². The molecule has 0 aliphatic carbocycles. The molecule has 0 bridgehead atoms. The number of thiazole rings is 1. The summed E-state index contributed by atoms with van der Waals surface area (Å²) in [4.78, 5) is 22.9. The van der Waals surface area contributed by atoms with Crippen molar-refractivity contribution in [2.75, 3.05) is 24.6 Å². The van der Waals surface area contributed by atoms with Crippen LogP contribution >= 0.6 is 11.3 Å². The number of morpholine rings is 1. The van der Waals surface area contributed by atoms with Gasteiger partial charge in [0, 0.05) is 34.8 Å². The molecule has 1 aliphatic rings. The first-order valence-electron chi connectivity index (χ1n) is 11.7. The summed E-state index contributed by atoms with van der Waals surface area (Å²) in [6.07, 6.45) is 1.07. The van der Waals surface area contributed by atoms with Gasteiger partial charge in [-0.1, -0.05) is 41.7 Å². The molecule has 8 heteroatoms. The molecule has 1 fully saturated rings. The van der Waals surface area contributed by atoms with E-state index in [4.69, 9.17) is 14.5 Å². The Balaban J connectivity index is 1.40. The van der Waals surface area contributed by atoms with E-state index in [1.54, 1.807) is 11.3 Å². The molecule has 7 nitrogen and oxygen atoms in total. The van der Waals surface area contributed by atoms with Crippen LogP contribution in [0.4, 0.5) is 5.13 Å². The molecule has 3 aromatic carbocycles. The maximum Gasteiger partial charge on any atom is 0.334 e. The van der Waals surface area contributed by atoms with Gasteiger partial charge in [-0.15, -0.1) is 0 Å². The van der Waals surface area contributed by atoms with E-state index < -0.39 is 12.1 Å². The highest BCUT2D eigenvalue weighted by Gasteiger charge is 2.29. The molecule has 3 heterocycles. The molecule has 6 rings (SSSR count). The fourth-order valence-electron chi connectivity index (χ4n) is 4.38. The quantitative estimate of drug-likeness (QED) is 0.297. The highest BCUT2D eigenvalue weighted by molar-refractivity contribution is 7.19. The average molecular weight is 498 g/mol. The average Bonchev–Trinajstić information content (AvgIpc) is 3.58. The van der Waals surface area contributed by atoms with Crippen molar-refractivity contribution in [1.29, 1.82) is 0 Å². The van der Waals surface area contributed by atoms with E-state index in [-0.39, 0.29) is 6.54 Å². The summed E-state index contributed by atoms with van der Waals surface area (Å²) >= 11 is 1.57. The lowest BCUT2D eigenvalue weighted by atomic mass is 10.0. The number of hydrogen-bond donors (Lipinski definition) is 2. The lowest BCUT2D eigenvalue weighted by molar-refractivity contribution is -0.150. The standard InChI is InChI=1S/C28H23N3O4S/c32-27(33)24-17-31(15-16-34-24)28-30-25(26(36-28)22-7-4-8-23-21(22)13-14-29-23)18-9-11-20(12-10-18)35-19-5-2-1-3-6-19/h1-14,24,29H,15-17H2,(H,32,33). The first kappa shape index (κ1) is 22.3. The number of H-pyrrole nitrogens is 1. The van der Waals surface area contributed by atoms with E-state index in [0.717, 1.165) is 49.2 Å². The molecule has 0 amide bonds. The maximum atomic E-state index is 11.5. The predicted molar refractivity (Wildman–Crippen MR) is 141 cm³/mol. The number of aromatic nitrogens is 2. The summed E-state index contributed by atoms with van der Waals surface area (Å²) in [5, 5.41) is 11.4. The first-order valence-corrected chi connectivity index (χ1v) is 12.5. The number of hydrogen-bond acceptors (Lipinski definition) is 6. The molecule has 2 N–H and O–H groups in total. The Morgan fingerprint density at radius 2 is 1.83 bits per heavy atom. The Labute approximate surface area is 211 Å². The summed E-state index contributed by atoms with van der Waals surface area (Å²) in [5.74, 6) is 0.566. The van der Waals surface area contributed by atoms with Crippen LogP contribution in [0.5, 0.6) is 11.5 Å². The van der Waals surface area contributed by atoms with Crippen LogP contribution in [-0.4, -0.2) is 46.8 Å². The van der Waals surface area contributed by atoms with E-state index in [2.05, 4.69) is 23.2 Å². The Kier molecular flexibility index (Phi) is 5.88. The summed E-state index contributed by atoms with van der Waals surface area (Å²) in [5.41, 5.74) is 3.95. The van der Waals surface area contributed by atoms with Crippen LogP contribution in [0.3, 0.4) is 0 Å². The lowest BCUT2D eigenvalue weighted by Gasteiger charge is -2.30. The third-order valence-electron chi connectivity index (χ3n) is 6.17. The van der Waals surface area contributed by atoms with E-state index in [9.17, 15) is 9.90 Å². The molecule has 1 unspecified atom stereocenters. The van der Waals surface area contributed by atoms with Gasteiger partial charge >= 0.3 is 5.97 Å². The van der Waals surface area contributed by atoms with Crippen LogP contribution in [-0.2, 0) is 9.53 Å². The number of nitrogens with one attached hydrogen (secondary N) is 1. The molecular weight excluding hydrogens is 474 g/mol. The summed E-state index contributed by atoms with van der Waals surface area (Å²) in [6, 6.07) is 25.8. The number of anilines is 1. The maximum absolute atomic E-state index is 11.5. The molecule has 1 saturated heterocycles. The highest BCUT2D eigenvalue weighted by Crippen LogP contribution is 2.43. The van der Waals surface area contributed by atoms with E-state index >= 15 is 0 Å². The second kappa shape index (κ2) is 9.49. The van der Waals surface area contributed by atoms with Gasteiger partial charge < -0.3 is 24.5 Å². The Morgan fingerprint density at radius 3 is 2.64 bits per heavy atom. The van der Waals surface area contributed by atoms with E-state index in [1.165, 1.54) is 0 Å². The number of aromatic amines is 1. The number of benzene rings is 3. The smallest absolute Gasteiger partial charge is 0.334 e. The highest BCUT2D eigenvalue weighted by atomic mass is 32.1. The molecule has 0 saturated carbocycles. The summed E-state index contributed by atoms with van der Waals surface area (Å²) in [6.45, 7) is 1.20. The predicted octanol–water partition coefficient (Wildman–Crippen LogP) is 6.04. The van der Waals surface area contributed by atoms with Crippen molar-refractivity contribution >= 4 is 33.3 Å². The fourth-order valence-corrected chi connectivity index (χ4v) is 5.55. The number of rotatable bonds is 6. The molecular formula is C28H23N3O4S. The van der Waals surface area contributed by atoms with Crippen LogP contribution in [0.15, 0.2) is 85.1 Å². The lowest BCUT2D eigenvalue weighted by Crippen LogP contribution is -2.46. The summed E-state index contributed by atoms with van der Waals surface area (Å²) < 4.78 is 11.4. The van der Waals surface area contributed by atoms with Crippen molar-refractivity contribution in [1.82, 2.24) is 9.97 Å². The molecule has 180 valence electrons. The number of fused-ring (bicyclic) bond motifs is 1. The van der Waals surface area contributed by atoms with Gasteiger partial charge in [-0.05, 0) is 48.5 Å². The second-order valence-corrected chi connectivity index (χ2v) is 9.48. The van der Waals surface area contributed by atoms with Gasteiger partial charge in [0.15, 0.2) is 11.2 Å². The molecule has 1 aliphatic heterocycles. The van der Waals surface area contributed by atoms with Gasteiger partial charge in [-0.3, -0.25) is 0 Å².